The molecule has 56 valence electrons. The number of aromatic nitrogens is 3. The lowest BCUT2D eigenvalue weighted by molar-refractivity contribution is -0.347. The largest absolute Gasteiger partial charge is 0.346 e. The van der Waals surface area contributed by atoms with Gasteiger partial charge in [-0.05, 0) is 17.1 Å². The molecule has 2 aromatic heterocycles. The van der Waals surface area contributed by atoms with Gasteiger partial charge >= 0.3 is 5.65 Å². The zero-order chi connectivity index (χ0) is 7.68. The zero-order valence-corrected chi connectivity index (χ0v) is 5.96. The van der Waals surface area contributed by atoms with E-state index in [9.17, 15) is 0 Å². The van der Waals surface area contributed by atoms with Crippen LogP contribution in [0.25, 0.3) is 11.2 Å². The summed E-state index contributed by atoms with van der Waals surface area (Å²) in [6, 6.07) is 3.87. The second kappa shape index (κ2) is 2.32. The molecule has 0 aliphatic carbocycles. The van der Waals surface area contributed by atoms with Crippen LogP contribution in [0.3, 0.4) is 0 Å². The Morgan fingerprint density at radius 2 is 2.55 bits per heavy atom. The summed E-state index contributed by atoms with van der Waals surface area (Å²) in [6.45, 7) is 0.447. The second-order valence-corrected chi connectivity index (χ2v) is 2.32. The number of aromatic amines is 2. The summed E-state index contributed by atoms with van der Waals surface area (Å²) in [5.74, 6) is 0.808. The molecule has 0 fully saturated rings. The van der Waals surface area contributed by atoms with Crippen molar-refractivity contribution >= 4 is 11.2 Å². The first kappa shape index (κ1) is 6.30. The molecule has 0 aliphatic heterocycles. The molecule has 4 N–H and O–H groups in total. The third kappa shape index (κ3) is 0.969. The van der Waals surface area contributed by atoms with E-state index < -0.39 is 0 Å². The van der Waals surface area contributed by atoms with E-state index >= 15 is 0 Å². The van der Waals surface area contributed by atoms with Gasteiger partial charge in [0.1, 0.15) is 5.52 Å². The Balaban J connectivity index is 2.69. The molecular formula is C7H9N4+. The molecular weight excluding hydrogens is 140 g/mol. The fourth-order valence-corrected chi connectivity index (χ4v) is 1.04. The van der Waals surface area contributed by atoms with Gasteiger partial charge in [-0.3, -0.25) is 0 Å². The highest BCUT2D eigenvalue weighted by Crippen LogP contribution is 2.02. The molecule has 0 aliphatic rings. The van der Waals surface area contributed by atoms with E-state index in [1.54, 1.807) is 0 Å². The summed E-state index contributed by atoms with van der Waals surface area (Å²) >= 11 is 0. The van der Waals surface area contributed by atoms with Gasteiger partial charge < -0.3 is 10.7 Å². The first-order valence-electron chi connectivity index (χ1n) is 3.45. The van der Waals surface area contributed by atoms with Crippen molar-refractivity contribution in [3.8, 4) is 0 Å². The topological polar surface area (TPSA) is 68.8 Å². The van der Waals surface area contributed by atoms with Gasteiger partial charge in [-0.2, -0.15) is 0 Å². The average molecular weight is 149 g/mol. The number of hydrogen-bond donors (Lipinski definition) is 2. The Labute approximate surface area is 63.5 Å². The summed E-state index contributed by atoms with van der Waals surface area (Å²) in [6.07, 6.45) is 1.84. The molecule has 0 aromatic carbocycles. The molecule has 4 heteroatoms. The van der Waals surface area contributed by atoms with Gasteiger partial charge in [-0.15, -0.1) is 0 Å². The number of nitrogens with zero attached hydrogens (tertiary/aromatic N) is 1. The highest BCUT2D eigenvalue weighted by Gasteiger charge is 2.07. The van der Waals surface area contributed by atoms with Crippen LogP contribution in [-0.4, -0.2) is 9.97 Å². The van der Waals surface area contributed by atoms with Gasteiger partial charge in [-0.25, -0.2) is 4.98 Å². The molecule has 0 bridgehead atoms. The molecule has 2 heterocycles. The minimum atomic E-state index is 0.447. The monoisotopic (exact) mass is 149 g/mol. The van der Waals surface area contributed by atoms with Crippen molar-refractivity contribution in [3.05, 3.63) is 24.2 Å². The van der Waals surface area contributed by atoms with E-state index in [-0.39, 0.29) is 0 Å². The number of H-pyrrole nitrogens is 2. The maximum atomic E-state index is 5.41. The van der Waals surface area contributed by atoms with Crippen molar-refractivity contribution in [2.24, 2.45) is 5.73 Å². The molecule has 2 aromatic rings. The van der Waals surface area contributed by atoms with Crippen molar-refractivity contribution < 1.29 is 4.98 Å². The summed E-state index contributed by atoms with van der Waals surface area (Å²) < 4.78 is 0. The normalized spacial score (nSPS) is 10.6. The van der Waals surface area contributed by atoms with E-state index in [0.29, 0.717) is 6.54 Å². The number of pyridine rings is 1. The van der Waals surface area contributed by atoms with Crippen LogP contribution >= 0.6 is 0 Å². The number of nitrogens with one attached hydrogen (secondary N) is 2. The summed E-state index contributed by atoms with van der Waals surface area (Å²) in [4.78, 5) is 10.3. The van der Waals surface area contributed by atoms with E-state index in [1.165, 1.54) is 0 Å². The van der Waals surface area contributed by atoms with Crippen molar-refractivity contribution in [1.82, 2.24) is 9.97 Å². The van der Waals surface area contributed by atoms with Crippen LogP contribution < -0.4 is 10.7 Å². The molecule has 0 amide bonds. The maximum absolute atomic E-state index is 5.41. The Morgan fingerprint density at radius 3 is 3.27 bits per heavy atom. The fraction of sp³-hybridized carbons (Fsp3) is 0.143. The van der Waals surface area contributed by atoms with Gasteiger partial charge in [0.2, 0.25) is 5.82 Å². The predicted octanol–water partition coefficient (Wildman–Crippen LogP) is -0.164. The standard InChI is InChI=1S/C7H8N4/c8-4-6-10-5-2-1-3-9-7(5)11-6/h1-3H,4,8H2,(H,9,10,11)/p+1. The lowest BCUT2D eigenvalue weighted by atomic mass is 10.4. The third-order valence-electron chi connectivity index (χ3n) is 1.55. The maximum Gasteiger partial charge on any atom is 0.346 e. The highest BCUT2D eigenvalue weighted by atomic mass is 15.0. The molecule has 0 unspecified atom stereocenters. The van der Waals surface area contributed by atoms with Crippen LogP contribution in [0.15, 0.2) is 18.3 Å². The third-order valence-corrected chi connectivity index (χ3v) is 1.55. The minimum absolute atomic E-state index is 0.447. The molecule has 11 heavy (non-hydrogen) atoms. The number of fused-ring (bicyclic) bond motifs is 1. The smallest absolute Gasteiger partial charge is 0.322 e. The quantitative estimate of drug-likeness (QED) is 0.591. The molecule has 2 rings (SSSR count). The predicted molar refractivity (Wildman–Crippen MR) is 40.5 cm³/mol. The Hall–Kier alpha value is -1.42. The van der Waals surface area contributed by atoms with Gasteiger partial charge in [0, 0.05) is 0 Å². The van der Waals surface area contributed by atoms with E-state index in [0.717, 1.165) is 17.0 Å². The van der Waals surface area contributed by atoms with Crippen LogP contribution in [0.4, 0.5) is 0 Å². The Morgan fingerprint density at radius 1 is 1.64 bits per heavy atom. The first-order chi connectivity index (χ1) is 5.40. The van der Waals surface area contributed by atoms with Crippen LogP contribution in [0.5, 0.6) is 0 Å². The summed E-state index contributed by atoms with van der Waals surface area (Å²) in [5, 5.41) is 0. The van der Waals surface area contributed by atoms with Crippen molar-refractivity contribution in [2.75, 3.05) is 0 Å². The SMILES string of the molecule is NCc1nc2[nH+]cccc2[nH]1. The molecule has 0 radical (unpaired) electrons. The summed E-state index contributed by atoms with van der Waals surface area (Å²) in [5.41, 5.74) is 7.25. The first-order valence-corrected chi connectivity index (χ1v) is 3.45. The average Bonchev–Trinajstić information content (AvgIpc) is 2.46. The molecule has 0 saturated heterocycles. The number of hydrogen-bond acceptors (Lipinski definition) is 2. The van der Waals surface area contributed by atoms with Gasteiger partial charge in [0.15, 0.2) is 0 Å². The molecule has 0 saturated carbocycles. The van der Waals surface area contributed by atoms with E-state index in [1.807, 2.05) is 18.3 Å². The van der Waals surface area contributed by atoms with E-state index in [2.05, 4.69) is 15.0 Å². The van der Waals surface area contributed by atoms with Crippen LogP contribution in [0.1, 0.15) is 5.82 Å². The van der Waals surface area contributed by atoms with Gasteiger partial charge in [0.25, 0.3) is 0 Å². The Bertz CT molecular complexity index is 332. The number of nitrogens with two attached hydrogens (primary N) is 1. The van der Waals surface area contributed by atoms with Crippen molar-refractivity contribution in [3.63, 3.8) is 0 Å². The van der Waals surface area contributed by atoms with Crippen LogP contribution in [-0.2, 0) is 6.54 Å². The molecule has 4 nitrogen and oxygen atoms in total. The molecule has 0 spiro atoms. The highest BCUT2D eigenvalue weighted by molar-refractivity contribution is 5.66. The van der Waals surface area contributed by atoms with Gasteiger partial charge in [-0.1, -0.05) is 0 Å². The fourth-order valence-electron chi connectivity index (χ4n) is 1.04. The lowest BCUT2D eigenvalue weighted by Crippen LogP contribution is -2.01. The van der Waals surface area contributed by atoms with Gasteiger partial charge in [0.05, 0.1) is 12.7 Å². The van der Waals surface area contributed by atoms with Crippen molar-refractivity contribution in [1.29, 1.82) is 0 Å². The number of rotatable bonds is 1. The van der Waals surface area contributed by atoms with Crippen molar-refractivity contribution in [2.45, 2.75) is 6.54 Å². The van der Waals surface area contributed by atoms with Crippen LogP contribution in [0.2, 0.25) is 0 Å². The van der Waals surface area contributed by atoms with E-state index in [4.69, 9.17) is 5.73 Å². The lowest BCUT2D eigenvalue weighted by Gasteiger charge is -1.77. The molecule has 0 atom stereocenters. The van der Waals surface area contributed by atoms with Crippen LogP contribution in [0, 0.1) is 0 Å². The minimum Gasteiger partial charge on any atom is -0.322 e. The zero-order valence-electron chi connectivity index (χ0n) is 5.96. The second-order valence-electron chi connectivity index (χ2n) is 2.32. The Kier molecular flexibility index (Phi) is 1.33. The number of imidazole rings is 1. The summed E-state index contributed by atoms with van der Waals surface area (Å²) in [7, 11) is 0.